The minimum Gasteiger partial charge on any atom is -0.493 e. The molecule has 0 radical (unpaired) electrons. The second-order valence-electron chi connectivity index (χ2n) is 8.16. The van der Waals surface area contributed by atoms with E-state index in [0.717, 1.165) is 25.7 Å². The summed E-state index contributed by atoms with van der Waals surface area (Å²) in [6.07, 6.45) is 8.20. The van der Waals surface area contributed by atoms with E-state index in [1.165, 1.54) is 12.7 Å². The smallest absolute Gasteiger partial charge is 0.332 e. The topological polar surface area (TPSA) is 71.1 Å². The molecule has 0 saturated heterocycles. The number of rotatable bonds is 6. The Kier molecular flexibility index (Phi) is 6.95. The lowest BCUT2D eigenvalue weighted by atomic mass is 9.80. The number of esters is 1. The summed E-state index contributed by atoms with van der Waals surface area (Å²) in [7, 11) is 0. The van der Waals surface area contributed by atoms with Crippen LogP contribution in [0.25, 0.3) is 0 Å². The minimum absolute atomic E-state index is 0.0339. The monoisotopic (exact) mass is 434 g/mol. The maximum absolute atomic E-state index is 12.8. The summed E-state index contributed by atoms with van der Waals surface area (Å²) in [5.74, 6) is -0.0723. The molecule has 2 fully saturated rings. The van der Waals surface area contributed by atoms with Gasteiger partial charge < -0.3 is 18.9 Å². The largest absolute Gasteiger partial charge is 0.493 e. The zero-order valence-electron chi connectivity index (χ0n) is 16.9. The van der Waals surface area contributed by atoms with Crippen molar-refractivity contribution in [3.8, 4) is 5.75 Å². The van der Waals surface area contributed by atoms with Gasteiger partial charge >= 0.3 is 5.97 Å². The van der Waals surface area contributed by atoms with E-state index >= 15 is 0 Å². The van der Waals surface area contributed by atoms with Crippen LogP contribution in [-0.4, -0.2) is 36.7 Å². The van der Waals surface area contributed by atoms with Gasteiger partial charge in [-0.05, 0) is 50.7 Å². The maximum atomic E-state index is 12.8. The third-order valence-corrected chi connectivity index (χ3v) is 6.33. The first-order chi connectivity index (χ1) is 14.6. The van der Waals surface area contributed by atoms with Crippen LogP contribution < -0.4 is 4.74 Å². The van der Waals surface area contributed by atoms with Crippen molar-refractivity contribution < 1.29 is 28.5 Å². The van der Waals surface area contributed by atoms with Gasteiger partial charge in [0.05, 0.1) is 17.0 Å². The van der Waals surface area contributed by atoms with E-state index in [4.69, 9.17) is 30.5 Å². The Hall–Kier alpha value is -2.05. The molecule has 3 unspecified atom stereocenters. The van der Waals surface area contributed by atoms with Crippen molar-refractivity contribution in [2.75, 3.05) is 6.61 Å². The van der Waals surface area contributed by atoms with Gasteiger partial charge in [-0.2, -0.15) is 0 Å². The fourth-order valence-electron chi connectivity index (χ4n) is 4.39. The van der Waals surface area contributed by atoms with Crippen molar-refractivity contribution in [3.63, 3.8) is 0 Å². The van der Waals surface area contributed by atoms with E-state index in [1.807, 2.05) is 0 Å². The molecule has 162 valence electrons. The fraction of sp³-hybridized carbons (Fsp3) is 0.565. The zero-order valence-corrected chi connectivity index (χ0v) is 17.6. The van der Waals surface area contributed by atoms with Gasteiger partial charge in [0.1, 0.15) is 30.8 Å². The molecule has 0 bridgehead atoms. The number of ketones is 1. The summed E-state index contributed by atoms with van der Waals surface area (Å²) in [6.45, 7) is -0.0524. The lowest BCUT2D eigenvalue weighted by Crippen LogP contribution is -2.43. The van der Waals surface area contributed by atoms with Crippen LogP contribution in [-0.2, 0) is 23.8 Å². The molecule has 30 heavy (non-hydrogen) atoms. The Morgan fingerprint density at radius 1 is 1.07 bits per heavy atom. The highest BCUT2D eigenvalue weighted by molar-refractivity contribution is 6.32. The van der Waals surface area contributed by atoms with E-state index in [0.29, 0.717) is 30.0 Å². The molecule has 7 heteroatoms. The molecule has 2 aliphatic carbocycles. The van der Waals surface area contributed by atoms with Crippen molar-refractivity contribution in [1.29, 1.82) is 0 Å². The van der Waals surface area contributed by atoms with Gasteiger partial charge in [-0.15, -0.1) is 0 Å². The summed E-state index contributed by atoms with van der Waals surface area (Å²) in [6, 6.07) is 7.00. The second-order valence-corrected chi connectivity index (χ2v) is 8.56. The SMILES string of the molecule is O=C(COC1CCC2C(=O)C(Oc3ccccc3Cl)=COC2C1)OC1CCCCC1. The van der Waals surface area contributed by atoms with Crippen LogP contribution in [0.5, 0.6) is 5.75 Å². The molecule has 0 N–H and O–H groups in total. The van der Waals surface area contributed by atoms with Gasteiger partial charge in [0.2, 0.25) is 11.5 Å². The average molecular weight is 435 g/mol. The predicted molar refractivity (Wildman–Crippen MR) is 110 cm³/mol. The molecule has 2 saturated carbocycles. The standard InChI is InChI=1S/C23H27ClO6/c24-18-8-4-5-9-19(18)30-21-13-28-20-12-16(10-11-17(20)23(21)26)27-14-22(25)29-15-6-2-1-3-7-15/h4-5,8-9,13,15-17,20H,1-3,6-7,10-12,14H2. The van der Waals surface area contributed by atoms with Crippen LogP contribution in [0.2, 0.25) is 5.02 Å². The number of halogens is 1. The Balaban J connectivity index is 1.26. The number of ether oxygens (including phenoxy) is 4. The van der Waals surface area contributed by atoms with Gasteiger partial charge in [-0.3, -0.25) is 4.79 Å². The maximum Gasteiger partial charge on any atom is 0.332 e. The highest BCUT2D eigenvalue weighted by Crippen LogP contribution is 2.36. The van der Waals surface area contributed by atoms with Crippen LogP contribution >= 0.6 is 11.6 Å². The molecule has 0 amide bonds. The third-order valence-electron chi connectivity index (χ3n) is 6.02. The van der Waals surface area contributed by atoms with E-state index in [1.54, 1.807) is 24.3 Å². The Morgan fingerprint density at radius 2 is 1.87 bits per heavy atom. The molecular weight excluding hydrogens is 408 g/mol. The first kappa shape index (κ1) is 21.2. The Bertz CT molecular complexity index is 801. The van der Waals surface area contributed by atoms with E-state index < -0.39 is 0 Å². The van der Waals surface area contributed by atoms with Gasteiger partial charge in [-0.25, -0.2) is 4.79 Å². The Labute approximate surface area is 181 Å². The molecule has 3 aliphatic rings. The molecule has 1 heterocycles. The highest BCUT2D eigenvalue weighted by atomic mass is 35.5. The summed E-state index contributed by atoms with van der Waals surface area (Å²) in [5.41, 5.74) is 0. The summed E-state index contributed by atoms with van der Waals surface area (Å²) >= 11 is 6.11. The van der Waals surface area contributed by atoms with Crippen molar-refractivity contribution in [1.82, 2.24) is 0 Å². The van der Waals surface area contributed by atoms with E-state index in [2.05, 4.69) is 0 Å². The number of Topliss-reactive ketones (excluding diaryl/α,β-unsaturated/α-hetero) is 1. The number of benzene rings is 1. The molecule has 4 rings (SSSR count). The van der Waals surface area contributed by atoms with Gasteiger partial charge in [0.25, 0.3) is 0 Å². The summed E-state index contributed by atoms with van der Waals surface area (Å²) in [4.78, 5) is 24.9. The quantitative estimate of drug-likeness (QED) is 0.610. The molecule has 3 atom stereocenters. The van der Waals surface area contributed by atoms with E-state index in [9.17, 15) is 9.59 Å². The van der Waals surface area contributed by atoms with E-state index in [-0.39, 0.29) is 48.3 Å². The van der Waals surface area contributed by atoms with Crippen LogP contribution in [0, 0.1) is 5.92 Å². The van der Waals surface area contributed by atoms with Gasteiger partial charge in [0.15, 0.2) is 0 Å². The first-order valence-electron chi connectivity index (χ1n) is 10.7. The normalized spacial score (nSPS) is 26.9. The molecular formula is C23H27ClO6. The van der Waals surface area contributed by atoms with Crippen molar-refractivity contribution in [2.24, 2.45) is 5.92 Å². The number of para-hydroxylation sites is 1. The average Bonchev–Trinajstić information content (AvgIpc) is 2.76. The number of allylic oxidation sites excluding steroid dienone is 1. The molecule has 0 spiro atoms. The number of fused-ring (bicyclic) bond motifs is 1. The van der Waals surface area contributed by atoms with Crippen LogP contribution in [0.1, 0.15) is 51.4 Å². The number of hydrogen-bond acceptors (Lipinski definition) is 6. The molecule has 1 aromatic rings. The van der Waals surface area contributed by atoms with Crippen LogP contribution in [0.4, 0.5) is 0 Å². The lowest BCUT2D eigenvalue weighted by molar-refractivity contribution is -0.161. The molecule has 6 nitrogen and oxygen atoms in total. The minimum atomic E-state index is -0.306. The zero-order chi connectivity index (χ0) is 20.9. The van der Waals surface area contributed by atoms with Gasteiger partial charge in [-0.1, -0.05) is 30.2 Å². The summed E-state index contributed by atoms with van der Waals surface area (Å²) in [5, 5.41) is 0.436. The molecule has 1 aliphatic heterocycles. The van der Waals surface area contributed by atoms with Crippen molar-refractivity contribution >= 4 is 23.4 Å². The summed E-state index contributed by atoms with van der Waals surface area (Å²) < 4.78 is 22.7. The van der Waals surface area contributed by atoms with Crippen molar-refractivity contribution in [2.45, 2.75) is 69.7 Å². The second kappa shape index (κ2) is 9.84. The molecule has 1 aromatic carbocycles. The number of hydrogen-bond donors (Lipinski definition) is 0. The number of carbonyl (C=O) groups is 2. The number of carbonyl (C=O) groups excluding carboxylic acids is 2. The third kappa shape index (κ3) is 5.16. The lowest BCUT2D eigenvalue weighted by Gasteiger charge is -2.37. The van der Waals surface area contributed by atoms with Crippen molar-refractivity contribution in [3.05, 3.63) is 41.3 Å². The van der Waals surface area contributed by atoms with Gasteiger partial charge in [0, 0.05) is 6.42 Å². The first-order valence-corrected chi connectivity index (χ1v) is 11.1. The van der Waals surface area contributed by atoms with Crippen LogP contribution in [0.3, 0.4) is 0 Å². The highest BCUT2D eigenvalue weighted by Gasteiger charge is 2.41. The van der Waals surface area contributed by atoms with Crippen LogP contribution in [0.15, 0.2) is 36.3 Å². The molecule has 0 aromatic heterocycles. The fourth-order valence-corrected chi connectivity index (χ4v) is 4.57. The predicted octanol–water partition coefficient (Wildman–Crippen LogP) is 4.59. The Morgan fingerprint density at radius 3 is 2.67 bits per heavy atom.